The lowest BCUT2D eigenvalue weighted by atomic mass is 10.1. The number of nitrogens with zero attached hydrogens (tertiary/aromatic N) is 3. The predicted octanol–water partition coefficient (Wildman–Crippen LogP) is -0.0262. The molecule has 2 rings (SSSR count). The number of piperidine rings is 1. The minimum Gasteiger partial charge on any atom is -0.480 e. The Morgan fingerprint density at radius 2 is 2.26 bits per heavy atom. The average molecular weight is 290 g/mol. The van der Waals surface area contributed by atoms with Gasteiger partial charge in [-0.2, -0.15) is 17.7 Å². The number of nitrogens with one attached hydrogen (secondary N) is 1. The van der Waals surface area contributed by atoms with Gasteiger partial charge < -0.3 is 9.63 Å². The fourth-order valence-electron chi connectivity index (χ4n) is 1.95. The molecule has 1 aromatic heterocycles. The predicted molar refractivity (Wildman–Crippen MR) is 63.6 cm³/mol. The van der Waals surface area contributed by atoms with Crippen molar-refractivity contribution in [2.75, 3.05) is 11.3 Å². The first-order valence-corrected chi connectivity index (χ1v) is 7.17. The Bertz CT molecular complexity index is 569. The van der Waals surface area contributed by atoms with Crippen molar-refractivity contribution in [3.63, 3.8) is 0 Å². The molecule has 1 atom stereocenters. The van der Waals surface area contributed by atoms with Gasteiger partial charge in [-0.25, -0.2) is 4.72 Å². The van der Waals surface area contributed by atoms with Crippen molar-refractivity contribution >= 4 is 22.2 Å². The molecule has 0 saturated carbocycles. The lowest BCUT2D eigenvalue weighted by molar-refractivity contribution is -0.142. The van der Waals surface area contributed by atoms with Crippen LogP contribution in [0.2, 0.25) is 0 Å². The molecular weight excluding hydrogens is 276 g/mol. The number of hydrogen-bond acceptors (Lipinski definition) is 6. The molecule has 1 aliphatic heterocycles. The van der Waals surface area contributed by atoms with Gasteiger partial charge in [0.05, 0.1) is 0 Å². The average Bonchev–Trinajstić information content (AvgIpc) is 2.74. The highest BCUT2D eigenvalue weighted by Gasteiger charge is 2.37. The van der Waals surface area contributed by atoms with E-state index in [2.05, 4.69) is 19.4 Å². The van der Waals surface area contributed by atoms with E-state index in [0.717, 1.165) is 4.31 Å². The number of carboxylic acids is 1. The monoisotopic (exact) mass is 290 g/mol. The van der Waals surface area contributed by atoms with Crippen molar-refractivity contribution in [3.05, 3.63) is 5.82 Å². The van der Waals surface area contributed by atoms with Crippen molar-refractivity contribution in [1.29, 1.82) is 0 Å². The minimum absolute atomic E-state index is 0.152. The molecule has 2 heterocycles. The van der Waals surface area contributed by atoms with Crippen LogP contribution >= 0.6 is 0 Å². The van der Waals surface area contributed by atoms with E-state index in [1.807, 2.05) is 0 Å². The van der Waals surface area contributed by atoms with Crippen LogP contribution in [0.3, 0.4) is 0 Å². The van der Waals surface area contributed by atoms with Crippen molar-refractivity contribution in [3.8, 4) is 0 Å². The van der Waals surface area contributed by atoms with Crippen LogP contribution in [0.4, 0.5) is 6.01 Å². The highest BCUT2D eigenvalue weighted by atomic mass is 32.2. The maximum atomic E-state index is 12.1. The van der Waals surface area contributed by atoms with Gasteiger partial charge in [-0.1, -0.05) is 5.16 Å². The fourth-order valence-corrected chi connectivity index (χ4v) is 3.27. The molecule has 0 amide bonds. The second-order valence-corrected chi connectivity index (χ2v) is 5.84. The van der Waals surface area contributed by atoms with Crippen LogP contribution in [0.1, 0.15) is 25.1 Å². The highest BCUT2D eigenvalue weighted by molar-refractivity contribution is 7.90. The number of aliphatic carboxylic acids is 1. The number of rotatable bonds is 4. The molecular formula is C9H14N4O5S. The molecule has 9 nitrogen and oxygen atoms in total. The van der Waals surface area contributed by atoms with Gasteiger partial charge in [0.25, 0.3) is 0 Å². The Morgan fingerprint density at radius 3 is 2.84 bits per heavy atom. The second kappa shape index (κ2) is 5.13. The minimum atomic E-state index is -4.01. The summed E-state index contributed by atoms with van der Waals surface area (Å²) in [5.74, 6) is -0.877. The third kappa shape index (κ3) is 3.01. The Morgan fingerprint density at radius 1 is 1.53 bits per heavy atom. The Kier molecular flexibility index (Phi) is 3.71. The molecule has 0 bridgehead atoms. The van der Waals surface area contributed by atoms with Crippen molar-refractivity contribution in [1.82, 2.24) is 14.4 Å². The molecule has 2 N–H and O–H groups in total. The molecule has 0 radical (unpaired) electrons. The first-order valence-electron chi connectivity index (χ1n) is 5.73. The summed E-state index contributed by atoms with van der Waals surface area (Å²) in [5.41, 5.74) is 0. The first kappa shape index (κ1) is 13.7. The van der Waals surface area contributed by atoms with E-state index in [-0.39, 0.29) is 18.4 Å². The van der Waals surface area contributed by atoms with E-state index in [9.17, 15) is 13.2 Å². The van der Waals surface area contributed by atoms with Gasteiger partial charge in [0.1, 0.15) is 6.04 Å². The molecule has 1 aliphatic rings. The van der Waals surface area contributed by atoms with Gasteiger partial charge in [0.2, 0.25) is 0 Å². The number of aromatic nitrogens is 2. The van der Waals surface area contributed by atoms with Crippen LogP contribution in [0.5, 0.6) is 0 Å². The van der Waals surface area contributed by atoms with E-state index in [4.69, 9.17) is 5.11 Å². The summed E-state index contributed by atoms with van der Waals surface area (Å²) >= 11 is 0. The van der Waals surface area contributed by atoms with Gasteiger partial charge in [0.15, 0.2) is 5.82 Å². The molecule has 10 heteroatoms. The Hall–Kier alpha value is -1.68. The van der Waals surface area contributed by atoms with Crippen LogP contribution < -0.4 is 4.72 Å². The molecule has 0 aliphatic carbocycles. The SMILES string of the molecule is Cc1noc(NS(=O)(=O)N2CCCCC2C(=O)O)n1. The van der Waals surface area contributed by atoms with Crippen molar-refractivity contribution in [2.24, 2.45) is 0 Å². The van der Waals surface area contributed by atoms with E-state index in [1.54, 1.807) is 6.92 Å². The van der Waals surface area contributed by atoms with Crippen LogP contribution in [-0.2, 0) is 15.0 Å². The molecule has 1 saturated heterocycles. The van der Waals surface area contributed by atoms with Gasteiger partial charge >= 0.3 is 22.2 Å². The summed E-state index contributed by atoms with van der Waals surface area (Å²) in [6.45, 7) is 1.70. The third-order valence-electron chi connectivity index (χ3n) is 2.79. The third-order valence-corrected chi connectivity index (χ3v) is 4.28. The van der Waals surface area contributed by atoms with Gasteiger partial charge in [-0.05, 0) is 26.2 Å². The normalized spacial score (nSPS) is 21.2. The van der Waals surface area contributed by atoms with Gasteiger partial charge in [-0.3, -0.25) is 4.79 Å². The topological polar surface area (TPSA) is 126 Å². The summed E-state index contributed by atoms with van der Waals surface area (Å²) < 4.78 is 31.9. The smallest absolute Gasteiger partial charge is 0.336 e. The van der Waals surface area contributed by atoms with Crippen LogP contribution in [0.15, 0.2) is 4.52 Å². The van der Waals surface area contributed by atoms with E-state index >= 15 is 0 Å². The maximum absolute atomic E-state index is 12.1. The molecule has 19 heavy (non-hydrogen) atoms. The highest BCUT2D eigenvalue weighted by Crippen LogP contribution is 2.21. The van der Waals surface area contributed by atoms with Crippen LogP contribution in [0.25, 0.3) is 0 Å². The number of carbonyl (C=O) groups is 1. The largest absolute Gasteiger partial charge is 0.480 e. The summed E-state index contributed by atoms with van der Waals surface area (Å²) in [6, 6.07) is -1.33. The molecule has 106 valence electrons. The number of hydrogen-bond donors (Lipinski definition) is 2. The summed E-state index contributed by atoms with van der Waals surface area (Å²) in [7, 11) is -4.01. The number of anilines is 1. The summed E-state index contributed by atoms with van der Waals surface area (Å²) in [5, 5.41) is 12.5. The lowest BCUT2D eigenvalue weighted by Gasteiger charge is -2.31. The lowest BCUT2D eigenvalue weighted by Crippen LogP contribution is -2.49. The fraction of sp³-hybridized carbons (Fsp3) is 0.667. The summed E-state index contributed by atoms with van der Waals surface area (Å²) in [4.78, 5) is 14.8. The quantitative estimate of drug-likeness (QED) is 0.797. The molecule has 1 aromatic rings. The Labute approximate surface area is 109 Å². The number of carboxylic acid groups (broad SMARTS) is 1. The first-order chi connectivity index (χ1) is 8.90. The van der Waals surface area contributed by atoms with Crippen LogP contribution in [-0.4, -0.2) is 46.5 Å². The zero-order valence-electron chi connectivity index (χ0n) is 10.2. The van der Waals surface area contributed by atoms with Crippen molar-refractivity contribution < 1.29 is 22.8 Å². The summed E-state index contributed by atoms with van der Waals surface area (Å²) in [6.07, 6.45) is 1.59. The molecule has 1 unspecified atom stereocenters. The number of aryl methyl sites for hydroxylation is 1. The zero-order chi connectivity index (χ0) is 14.0. The standard InChI is InChI=1S/C9H14N4O5S/c1-6-10-9(18-11-6)12-19(16,17)13-5-3-2-4-7(13)8(14)15/h7H,2-5H2,1H3,(H,14,15)(H,10,11,12). The second-order valence-electron chi connectivity index (χ2n) is 4.21. The maximum Gasteiger partial charge on any atom is 0.336 e. The molecule has 1 fully saturated rings. The molecule has 0 aromatic carbocycles. The zero-order valence-corrected chi connectivity index (χ0v) is 11.1. The van der Waals surface area contributed by atoms with E-state index in [0.29, 0.717) is 19.3 Å². The van der Waals surface area contributed by atoms with Crippen LogP contribution in [0, 0.1) is 6.92 Å². The van der Waals surface area contributed by atoms with Gasteiger partial charge in [0, 0.05) is 6.54 Å². The molecule has 0 spiro atoms. The van der Waals surface area contributed by atoms with Gasteiger partial charge in [-0.15, -0.1) is 0 Å². The van der Waals surface area contributed by atoms with Crippen molar-refractivity contribution in [2.45, 2.75) is 32.2 Å². The Balaban J connectivity index is 2.19. The van der Waals surface area contributed by atoms with E-state index in [1.165, 1.54) is 0 Å². The van der Waals surface area contributed by atoms with E-state index < -0.39 is 22.2 Å².